The molecule has 1 aromatic carbocycles. The molecule has 0 aliphatic rings. The highest BCUT2D eigenvalue weighted by Crippen LogP contribution is 2.29. The fourth-order valence-corrected chi connectivity index (χ4v) is 3.00. The van der Waals surface area contributed by atoms with E-state index in [1.54, 1.807) is 12.1 Å². The number of carbonyl (C=O) groups is 1. The van der Waals surface area contributed by atoms with E-state index >= 15 is 0 Å². The quantitative estimate of drug-likeness (QED) is 0.641. The average Bonchev–Trinajstić information content (AvgIpc) is 2.39. The van der Waals surface area contributed by atoms with Crippen LogP contribution in [-0.4, -0.2) is 30.9 Å². The Hall–Kier alpha value is -0.420. The summed E-state index contributed by atoms with van der Waals surface area (Å²) in [5.41, 5.74) is -0.722. The van der Waals surface area contributed by atoms with Gasteiger partial charge >= 0.3 is 5.97 Å². The van der Waals surface area contributed by atoms with Crippen molar-refractivity contribution in [2.75, 3.05) is 19.4 Å². The number of hydrogen-bond donors (Lipinski definition) is 1. The minimum atomic E-state index is -0.722. The summed E-state index contributed by atoms with van der Waals surface area (Å²) >= 11 is 13.4. The molecule has 1 aromatic rings. The largest absolute Gasteiger partial charge is 0.468 e. The highest BCUT2D eigenvalue weighted by Gasteiger charge is 2.33. The van der Waals surface area contributed by atoms with Crippen molar-refractivity contribution in [3.05, 3.63) is 28.2 Å². The Balaban J connectivity index is 2.76. The van der Waals surface area contributed by atoms with Crippen molar-refractivity contribution in [2.45, 2.75) is 24.3 Å². The number of methoxy groups -OCH3 is 1. The van der Waals surface area contributed by atoms with Crippen LogP contribution in [0.2, 0.25) is 10.0 Å². The van der Waals surface area contributed by atoms with Crippen molar-refractivity contribution < 1.29 is 9.53 Å². The lowest BCUT2D eigenvalue weighted by atomic mass is 10.1. The molecular formula is C13H17Cl2NO2S. The summed E-state index contributed by atoms with van der Waals surface area (Å²) in [5, 5.41) is 4.18. The first-order chi connectivity index (χ1) is 8.92. The van der Waals surface area contributed by atoms with Gasteiger partial charge in [-0.25, -0.2) is 0 Å². The van der Waals surface area contributed by atoms with E-state index in [2.05, 4.69) is 5.32 Å². The minimum Gasteiger partial charge on any atom is -0.468 e. The summed E-state index contributed by atoms with van der Waals surface area (Å²) in [5.74, 6) is 0.271. The van der Waals surface area contributed by atoms with Gasteiger partial charge in [0.25, 0.3) is 0 Å². The fourth-order valence-electron chi connectivity index (χ4n) is 1.59. The van der Waals surface area contributed by atoms with Gasteiger partial charge in [-0.3, -0.25) is 4.79 Å². The summed E-state index contributed by atoms with van der Waals surface area (Å²) in [7, 11) is 1.39. The molecule has 0 radical (unpaired) electrons. The van der Waals surface area contributed by atoms with E-state index in [1.807, 2.05) is 19.9 Å². The number of likely N-dealkylation sites (N-methyl/N-ethyl adjacent to an activating group) is 1. The van der Waals surface area contributed by atoms with Gasteiger partial charge in [0.1, 0.15) is 5.54 Å². The number of benzene rings is 1. The topological polar surface area (TPSA) is 38.3 Å². The first-order valence-electron chi connectivity index (χ1n) is 5.84. The molecular weight excluding hydrogens is 305 g/mol. The van der Waals surface area contributed by atoms with Gasteiger partial charge in [0.2, 0.25) is 0 Å². The summed E-state index contributed by atoms with van der Waals surface area (Å²) in [6.07, 6.45) is 0. The predicted molar refractivity (Wildman–Crippen MR) is 81.3 cm³/mol. The summed E-state index contributed by atoms with van der Waals surface area (Å²) < 4.78 is 4.84. The molecule has 0 spiro atoms. The Bertz CT molecular complexity index is 456. The number of esters is 1. The van der Waals surface area contributed by atoms with Crippen LogP contribution >= 0.6 is 35.0 Å². The Kier molecular flexibility index (Phi) is 6.47. The van der Waals surface area contributed by atoms with Crippen LogP contribution in [0.25, 0.3) is 0 Å². The minimum absolute atomic E-state index is 0.276. The smallest absolute Gasteiger partial charge is 0.326 e. The van der Waals surface area contributed by atoms with Crippen molar-refractivity contribution in [1.29, 1.82) is 0 Å². The summed E-state index contributed by atoms with van der Waals surface area (Å²) in [4.78, 5) is 12.8. The maximum absolute atomic E-state index is 11.8. The SMILES string of the molecule is CCNC(C)(CSc1ccc(Cl)c(Cl)c1)C(=O)OC. The van der Waals surface area contributed by atoms with Crippen molar-refractivity contribution in [3.63, 3.8) is 0 Å². The molecule has 3 nitrogen and oxygen atoms in total. The molecule has 0 aliphatic carbocycles. The van der Waals surface area contributed by atoms with Crippen LogP contribution in [0.3, 0.4) is 0 Å². The van der Waals surface area contributed by atoms with Crippen molar-refractivity contribution in [3.8, 4) is 0 Å². The molecule has 1 unspecified atom stereocenters. The third kappa shape index (κ3) is 4.56. The van der Waals surface area contributed by atoms with Gasteiger partial charge < -0.3 is 10.1 Å². The maximum Gasteiger partial charge on any atom is 0.326 e. The molecule has 0 aliphatic heterocycles. The van der Waals surface area contributed by atoms with Crippen LogP contribution in [0, 0.1) is 0 Å². The second-order valence-corrected chi connectivity index (χ2v) is 6.08. The van der Waals surface area contributed by atoms with Crippen molar-refractivity contribution in [1.82, 2.24) is 5.32 Å². The Morgan fingerprint density at radius 2 is 2.11 bits per heavy atom. The van der Waals surface area contributed by atoms with Gasteiger partial charge in [-0.15, -0.1) is 11.8 Å². The van der Waals surface area contributed by atoms with Crippen LogP contribution in [0.15, 0.2) is 23.1 Å². The third-order valence-electron chi connectivity index (χ3n) is 2.62. The van der Waals surface area contributed by atoms with Crippen molar-refractivity contribution in [2.24, 2.45) is 0 Å². The van der Waals surface area contributed by atoms with Gasteiger partial charge in [-0.05, 0) is 31.7 Å². The predicted octanol–water partition coefficient (Wildman–Crippen LogP) is 3.63. The van der Waals surface area contributed by atoms with Crippen LogP contribution in [-0.2, 0) is 9.53 Å². The Labute approximate surface area is 128 Å². The van der Waals surface area contributed by atoms with Gasteiger partial charge in [-0.1, -0.05) is 30.1 Å². The second-order valence-electron chi connectivity index (χ2n) is 4.22. The lowest BCUT2D eigenvalue weighted by Crippen LogP contribution is -2.52. The molecule has 1 atom stereocenters. The van der Waals surface area contributed by atoms with Gasteiger partial charge in [0.15, 0.2) is 0 Å². The summed E-state index contributed by atoms with van der Waals surface area (Å²) in [6.45, 7) is 4.46. The third-order valence-corrected chi connectivity index (χ3v) is 4.67. The molecule has 1 rings (SSSR count). The van der Waals surface area contributed by atoms with Crippen LogP contribution in [0.1, 0.15) is 13.8 Å². The van der Waals surface area contributed by atoms with E-state index in [0.29, 0.717) is 22.3 Å². The molecule has 19 heavy (non-hydrogen) atoms. The van der Waals surface area contributed by atoms with E-state index in [-0.39, 0.29) is 5.97 Å². The lowest BCUT2D eigenvalue weighted by molar-refractivity contribution is -0.146. The normalized spacial score (nSPS) is 13.9. The Morgan fingerprint density at radius 1 is 1.42 bits per heavy atom. The first-order valence-corrected chi connectivity index (χ1v) is 7.58. The van der Waals surface area contributed by atoms with Crippen LogP contribution in [0.5, 0.6) is 0 Å². The number of halogens is 2. The van der Waals surface area contributed by atoms with E-state index in [1.165, 1.54) is 18.9 Å². The second kappa shape index (κ2) is 7.39. The molecule has 106 valence electrons. The number of rotatable bonds is 6. The van der Waals surface area contributed by atoms with E-state index in [0.717, 1.165) is 4.90 Å². The first kappa shape index (κ1) is 16.6. The molecule has 0 fully saturated rings. The van der Waals surface area contributed by atoms with Gasteiger partial charge in [-0.2, -0.15) is 0 Å². The molecule has 0 aromatic heterocycles. The van der Waals surface area contributed by atoms with E-state index in [9.17, 15) is 4.79 Å². The van der Waals surface area contributed by atoms with E-state index < -0.39 is 5.54 Å². The number of thioether (sulfide) groups is 1. The zero-order chi connectivity index (χ0) is 14.5. The monoisotopic (exact) mass is 321 g/mol. The lowest BCUT2D eigenvalue weighted by Gasteiger charge is -2.27. The Morgan fingerprint density at radius 3 is 2.63 bits per heavy atom. The molecule has 0 saturated carbocycles. The molecule has 0 amide bonds. The highest BCUT2D eigenvalue weighted by molar-refractivity contribution is 7.99. The van der Waals surface area contributed by atoms with Gasteiger partial charge in [0, 0.05) is 10.6 Å². The molecule has 0 saturated heterocycles. The number of carbonyl (C=O) groups excluding carboxylic acids is 1. The van der Waals surface area contributed by atoms with Gasteiger partial charge in [0.05, 0.1) is 17.2 Å². The highest BCUT2D eigenvalue weighted by atomic mass is 35.5. The molecule has 0 heterocycles. The average molecular weight is 322 g/mol. The zero-order valence-corrected chi connectivity index (χ0v) is 13.5. The maximum atomic E-state index is 11.8. The summed E-state index contributed by atoms with van der Waals surface area (Å²) in [6, 6.07) is 5.41. The molecule has 6 heteroatoms. The fraction of sp³-hybridized carbons (Fsp3) is 0.462. The number of hydrogen-bond acceptors (Lipinski definition) is 4. The van der Waals surface area contributed by atoms with Crippen LogP contribution in [0.4, 0.5) is 0 Å². The molecule has 1 N–H and O–H groups in total. The molecule has 0 bridgehead atoms. The van der Waals surface area contributed by atoms with Crippen molar-refractivity contribution >= 4 is 40.9 Å². The standard InChI is InChI=1S/C13H17Cl2NO2S/c1-4-16-13(2,12(17)18-3)8-19-9-5-6-10(14)11(15)7-9/h5-7,16H,4,8H2,1-3H3. The number of nitrogens with one attached hydrogen (secondary N) is 1. The zero-order valence-electron chi connectivity index (χ0n) is 11.1. The number of ether oxygens (including phenoxy) is 1. The van der Waals surface area contributed by atoms with E-state index in [4.69, 9.17) is 27.9 Å². The van der Waals surface area contributed by atoms with Crippen LogP contribution < -0.4 is 5.32 Å².